The Balaban J connectivity index is 1.86. The number of carbonyl (C=O) groups is 1. The highest BCUT2D eigenvalue weighted by Crippen LogP contribution is 2.22. The molecule has 0 radical (unpaired) electrons. The third kappa shape index (κ3) is 4.29. The van der Waals surface area contributed by atoms with E-state index in [1.807, 2.05) is 24.3 Å². The van der Waals surface area contributed by atoms with Gasteiger partial charge >= 0.3 is 0 Å². The maximum Gasteiger partial charge on any atom is 0.220 e. The number of thiazole rings is 1. The van der Waals surface area contributed by atoms with E-state index in [1.165, 1.54) is 0 Å². The topological polar surface area (TPSA) is 62.2 Å². The van der Waals surface area contributed by atoms with Crippen LogP contribution in [-0.4, -0.2) is 28.1 Å². The molecular weight excluding hydrogens is 260 g/mol. The second kappa shape index (κ2) is 5.67. The van der Waals surface area contributed by atoms with E-state index >= 15 is 0 Å². The molecule has 0 fully saturated rings. The minimum Gasteiger partial charge on any atom is -0.389 e. The number of nitrogens with zero attached hydrogens (tertiary/aromatic N) is 1. The molecule has 2 N–H and O–H groups in total. The van der Waals surface area contributed by atoms with Crippen molar-refractivity contribution in [2.75, 3.05) is 6.54 Å². The fraction of sp³-hybridized carbons (Fsp3) is 0.429. The average molecular weight is 278 g/mol. The van der Waals surface area contributed by atoms with Crippen molar-refractivity contribution in [2.45, 2.75) is 32.3 Å². The molecule has 1 heterocycles. The number of hydrogen-bond donors (Lipinski definition) is 2. The Morgan fingerprint density at radius 2 is 2.16 bits per heavy atom. The van der Waals surface area contributed by atoms with Gasteiger partial charge in [-0.25, -0.2) is 4.98 Å². The number of fused-ring (bicyclic) bond motifs is 1. The number of carbonyl (C=O) groups excluding carboxylic acids is 1. The van der Waals surface area contributed by atoms with Crippen LogP contribution < -0.4 is 5.32 Å². The molecule has 1 amide bonds. The lowest BCUT2D eigenvalue weighted by atomic mass is 10.1. The van der Waals surface area contributed by atoms with Gasteiger partial charge in [-0.3, -0.25) is 4.79 Å². The maximum atomic E-state index is 11.6. The minimum absolute atomic E-state index is 0.0543. The van der Waals surface area contributed by atoms with Crippen LogP contribution in [0.5, 0.6) is 0 Å². The molecule has 0 bridgehead atoms. The molecule has 1 aromatic heterocycles. The Morgan fingerprint density at radius 3 is 2.84 bits per heavy atom. The Morgan fingerprint density at radius 1 is 1.42 bits per heavy atom. The summed E-state index contributed by atoms with van der Waals surface area (Å²) >= 11 is 1.62. The Hall–Kier alpha value is -1.46. The second-order valence-electron chi connectivity index (χ2n) is 5.16. The molecule has 5 heteroatoms. The lowest BCUT2D eigenvalue weighted by molar-refractivity contribution is -0.122. The molecule has 0 atom stereocenters. The Kier molecular flexibility index (Phi) is 4.17. The van der Waals surface area contributed by atoms with Gasteiger partial charge in [0, 0.05) is 19.4 Å². The smallest absolute Gasteiger partial charge is 0.220 e. The van der Waals surface area contributed by atoms with Crippen molar-refractivity contribution in [1.29, 1.82) is 0 Å². The lowest BCUT2D eigenvalue weighted by Crippen LogP contribution is -2.38. The van der Waals surface area contributed by atoms with Crippen LogP contribution in [0.3, 0.4) is 0 Å². The van der Waals surface area contributed by atoms with Gasteiger partial charge in [-0.05, 0) is 26.0 Å². The van der Waals surface area contributed by atoms with Gasteiger partial charge in [0.1, 0.15) is 0 Å². The summed E-state index contributed by atoms with van der Waals surface area (Å²) in [6, 6.07) is 7.96. The largest absolute Gasteiger partial charge is 0.389 e. The first-order chi connectivity index (χ1) is 8.94. The van der Waals surface area contributed by atoms with Crippen molar-refractivity contribution in [2.24, 2.45) is 0 Å². The van der Waals surface area contributed by atoms with Crippen molar-refractivity contribution in [3.8, 4) is 0 Å². The lowest BCUT2D eigenvalue weighted by Gasteiger charge is -2.17. The predicted octanol–water partition coefficient (Wildman–Crippen LogP) is 2.12. The zero-order valence-corrected chi connectivity index (χ0v) is 12.0. The Bertz CT molecular complexity index is 539. The molecule has 0 saturated heterocycles. The highest BCUT2D eigenvalue weighted by atomic mass is 32.1. The second-order valence-corrected chi connectivity index (χ2v) is 6.28. The standard InChI is InChI=1S/C14H18N2O2S/c1-14(2,18)9-15-12(17)7-8-13-16-10-5-3-4-6-11(10)19-13/h3-6,18H,7-9H2,1-2H3,(H,15,17). The highest BCUT2D eigenvalue weighted by molar-refractivity contribution is 7.18. The summed E-state index contributed by atoms with van der Waals surface area (Å²) in [7, 11) is 0. The molecule has 2 aromatic rings. The van der Waals surface area contributed by atoms with Crippen LogP contribution in [0.2, 0.25) is 0 Å². The van der Waals surface area contributed by atoms with Crippen molar-refractivity contribution in [3.05, 3.63) is 29.3 Å². The molecule has 0 spiro atoms. The van der Waals surface area contributed by atoms with Gasteiger partial charge in [-0.2, -0.15) is 0 Å². The summed E-state index contributed by atoms with van der Waals surface area (Å²) in [6.07, 6.45) is 1.03. The first kappa shape index (κ1) is 14.0. The number of aliphatic hydroxyl groups is 1. The van der Waals surface area contributed by atoms with Crippen molar-refractivity contribution in [3.63, 3.8) is 0 Å². The molecule has 0 unspecified atom stereocenters. The van der Waals surface area contributed by atoms with E-state index in [9.17, 15) is 9.90 Å². The number of benzene rings is 1. The van der Waals surface area contributed by atoms with E-state index in [-0.39, 0.29) is 12.5 Å². The minimum atomic E-state index is -0.870. The van der Waals surface area contributed by atoms with Gasteiger partial charge in [0.25, 0.3) is 0 Å². The zero-order chi connectivity index (χ0) is 13.9. The molecule has 4 nitrogen and oxygen atoms in total. The molecule has 0 saturated carbocycles. The van der Waals surface area contributed by atoms with Crippen molar-refractivity contribution in [1.82, 2.24) is 10.3 Å². The third-order valence-corrected chi connectivity index (χ3v) is 3.72. The van der Waals surface area contributed by atoms with Crippen molar-refractivity contribution >= 4 is 27.5 Å². The summed E-state index contributed by atoms with van der Waals surface area (Å²) < 4.78 is 1.15. The average Bonchev–Trinajstić information content (AvgIpc) is 2.75. The van der Waals surface area contributed by atoms with Gasteiger partial charge in [0.2, 0.25) is 5.91 Å². The molecule has 19 heavy (non-hydrogen) atoms. The number of aromatic nitrogens is 1. The number of nitrogens with one attached hydrogen (secondary N) is 1. The summed E-state index contributed by atoms with van der Waals surface area (Å²) in [5.41, 5.74) is 0.116. The zero-order valence-electron chi connectivity index (χ0n) is 11.1. The normalized spacial score (nSPS) is 11.7. The van der Waals surface area contributed by atoms with Crippen LogP contribution in [0.25, 0.3) is 10.2 Å². The van der Waals surface area contributed by atoms with Gasteiger partial charge in [-0.1, -0.05) is 12.1 Å². The number of aryl methyl sites for hydroxylation is 1. The summed E-state index contributed by atoms with van der Waals surface area (Å²) in [4.78, 5) is 16.1. The molecule has 0 aliphatic carbocycles. The summed E-state index contributed by atoms with van der Waals surface area (Å²) in [5.74, 6) is -0.0543. The van der Waals surface area contributed by atoms with Crippen LogP contribution >= 0.6 is 11.3 Å². The summed E-state index contributed by atoms with van der Waals surface area (Å²) in [5, 5.41) is 13.2. The maximum absolute atomic E-state index is 11.6. The molecular formula is C14H18N2O2S. The van der Waals surface area contributed by atoms with Crippen LogP contribution in [0.1, 0.15) is 25.3 Å². The molecule has 2 rings (SSSR count). The third-order valence-electron chi connectivity index (χ3n) is 2.62. The quantitative estimate of drug-likeness (QED) is 0.880. The molecule has 0 aliphatic rings. The fourth-order valence-corrected chi connectivity index (χ4v) is 2.62. The van der Waals surface area contributed by atoms with Gasteiger partial charge in [-0.15, -0.1) is 11.3 Å². The van der Waals surface area contributed by atoms with Crippen LogP contribution in [0.15, 0.2) is 24.3 Å². The molecule has 102 valence electrons. The van der Waals surface area contributed by atoms with E-state index in [1.54, 1.807) is 25.2 Å². The van der Waals surface area contributed by atoms with E-state index in [0.717, 1.165) is 15.2 Å². The molecule has 1 aromatic carbocycles. The van der Waals surface area contributed by atoms with Gasteiger partial charge < -0.3 is 10.4 Å². The van der Waals surface area contributed by atoms with Crippen LogP contribution in [0.4, 0.5) is 0 Å². The fourth-order valence-electron chi connectivity index (χ4n) is 1.65. The van der Waals surface area contributed by atoms with E-state index in [2.05, 4.69) is 10.3 Å². The van der Waals surface area contributed by atoms with Gasteiger partial charge in [0.05, 0.1) is 20.8 Å². The predicted molar refractivity (Wildman–Crippen MR) is 77.2 cm³/mol. The number of hydrogen-bond acceptors (Lipinski definition) is 4. The highest BCUT2D eigenvalue weighted by Gasteiger charge is 2.14. The SMILES string of the molecule is CC(C)(O)CNC(=O)CCc1nc2ccccc2s1. The van der Waals surface area contributed by atoms with Crippen LogP contribution in [-0.2, 0) is 11.2 Å². The van der Waals surface area contributed by atoms with Gasteiger partial charge in [0.15, 0.2) is 0 Å². The molecule has 0 aliphatic heterocycles. The number of rotatable bonds is 5. The van der Waals surface area contributed by atoms with Crippen LogP contribution in [0, 0.1) is 0 Å². The summed E-state index contributed by atoms with van der Waals surface area (Å²) in [6.45, 7) is 3.60. The Labute approximate surface area is 116 Å². The van der Waals surface area contributed by atoms with E-state index < -0.39 is 5.60 Å². The van der Waals surface area contributed by atoms with Crippen molar-refractivity contribution < 1.29 is 9.90 Å². The van der Waals surface area contributed by atoms with E-state index in [4.69, 9.17) is 0 Å². The number of amides is 1. The first-order valence-electron chi connectivity index (χ1n) is 6.27. The van der Waals surface area contributed by atoms with E-state index in [0.29, 0.717) is 12.8 Å². The first-order valence-corrected chi connectivity index (χ1v) is 7.09. The number of para-hydroxylation sites is 1. The monoisotopic (exact) mass is 278 g/mol.